The first-order valence-electron chi connectivity index (χ1n) is 9.48. The minimum absolute atomic E-state index is 0.0245. The largest absolute Gasteiger partial charge is 0.464 e. The summed E-state index contributed by atoms with van der Waals surface area (Å²) >= 11 is 0. The maximum absolute atomic E-state index is 12.4. The first kappa shape index (κ1) is 23.1. The molecule has 0 spiro atoms. The molecule has 8 heteroatoms. The van der Waals surface area contributed by atoms with E-state index in [1.54, 1.807) is 6.92 Å². The van der Waals surface area contributed by atoms with Crippen molar-refractivity contribution in [2.24, 2.45) is 5.92 Å². The summed E-state index contributed by atoms with van der Waals surface area (Å²) in [4.78, 5) is 35.0. The van der Waals surface area contributed by atoms with Gasteiger partial charge in [0.15, 0.2) is 0 Å². The summed E-state index contributed by atoms with van der Waals surface area (Å²) in [5.74, 6) is -1.23. The Bertz CT molecular complexity index is 508. The molecule has 1 rings (SSSR count). The minimum atomic E-state index is -0.805. The number of hydrogen-bond donors (Lipinski definition) is 3. The zero-order valence-corrected chi connectivity index (χ0v) is 15.9. The van der Waals surface area contributed by atoms with E-state index in [1.807, 2.05) is 0 Å². The molecule has 154 valence electrons. The number of nitrogens with one attached hydrogen (secondary N) is 1. The first-order valence-corrected chi connectivity index (χ1v) is 9.48. The summed E-state index contributed by atoms with van der Waals surface area (Å²) in [6, 6.07) is -0.775. The molecule has 1 fully saturated rings. The summed E-state index contributed by atoms with van der Waals surface area (Å²) in [5.41, 5.74) is 0. The van der Waals surface area contributed by atoms with Crippen LogP contribution in [0.15, 0.2) is 12.7 Å². The van der Waals surface area contributed by atoms with Crippen LogP contribution in [0, 0.1) is 5.92 Å². The van der Waals surface area contributed by atoms with Crippen LogP contribution in [0.3, 0.4) is 0 Å². The number of rotatable bonds is 11. The highest BCUT2D eigenvalue weighted by Gasteiger charge is 2.32. The maximum Gasteiger partial charge on any atom is 0.330 e. The maximum atomic E-state index is 12.4. The average Bonchev–Trinajstić information content (AvgIpc) is 2.66. The second-order valence-corrected chi connectivity index (χ2v) is 6.77. The van der Waals surface area contributed by atoms with Crippen LogP contribution in [-0.2, 0) is 23.9 Å². The summed E-state index contributed by atoms with van der Waals surface area (Å²) in [6.07, 6.45) is 2.79. The van der Waals surface area contributed by atoms with E-state index in [0.29, 0.717) is 38.5 Å². The Labute approximate surface area is 159 Å². The first-order chi connectivity index (χ1) is 12.9. The Morgan fingerprint density at radius 1 is 1.15 bits per heavy atom. The van der Waals surface area contributed by atoms with Gasteiger partial charge >= 0.3 is 11.9 Å². The lowest BCUT2D eigenvalue weighted by molar-refractivity contribution is -0.149. The number of hydrogen-bond acceptors (Lipinski definition) is 7. The number of carbonyl (C=O) groups is 3. The molecular weight excluding hydrogens is 354 g/mol. The Kier molecular flexibility index (Phi) is 10.7. The molecule has 1 aliphatic rings. The highest BCUT2D eigenvalue weighted by Crippen LogP contribution is 2.28. The van der Waals surface area contributed by atoms with Crippen molar-refractivity contribution in [1.29, 1.82) is 0 Å². The van der Waals surface area contributed by atoms with Crippen molar-refractivity contribution in [3.63, 3.8) is 0 Å². The van der Waals surface area contributed by atoms with Crippen molar-refractivity contribution in [2.75, 3.05) is 13.2 Å². The molecule has 3 N–H and O–H groups in total. The smallest absolute Gasteiger partial charge is 0.330 e. The quantitative estimate of drug-likeness (QED) is 0.274. The molecule has 0 saturated heterocycles. The molecule has 1 amide bonds. The number of amides is 1. The molecule has 0 heterocycles. The fraction of sp³-hybridized carbons (Fsp3) is 0.737. The molecule has 8 nitrogen and oxygen atoms in total. The van der Waals surface area contributed by atoms with Crippen LogP contribution in [0.5, 0.6) is 0 Å². The van der Waals surface area contributed by atoms with Gasteiger partial charge in [0.05, 0.1) is 25.4 Å². The van der Waals surface area contributed by atoms with Gasteiger partial charge in [0.1, 0.15) is 6.04 Å². The third-order valence-corrected chi connectivity index (χ3v) is 4.59. The van der Waals surface area contributed by atoms with E-state index in [0.717, 1.165) is 6.08 Å². The van der Waals surface area contributed by atoms with Crippen LogP contribution >= 0.6 is 0 Å². The molecule has 1 saturated carbocycles. The molecule has 1 aliphatic carbocycles. The molecule has 4 atom stereocenters. The van der Waals surface area contributed by atoms with Gasteiger partial charge in [0.2, 0.25) is 5.91 Å². The Hall–Kier alpha value is -1.93. The van der Waals surface area contributed by atoms with Crippen molar-refractivity contribution in [3.05, 3.63) is 12.7 Å². The van der Waals surface area contributed by atoms with Gasteiger partial charge in [-0.1, -0.05) is 13.5 Å². The van der Waals surface area contributed by atoms with Crippen molar-refractivity contribution in [1.82, 2.24) is 5.32 Å². The Balaban J connectivity index is 2.42. The molecule has 0 aliphatic heterocycles. The second kappa shape index (κ2) is 12.5. The topological polar surface area (TPSA) is 122 Å². The number of unbranched alkanes of at least 4 members (excludes halogenated alkanes) is 1. The number of ether oxygens (including phenoxy) is 2. The zero-order valence-electron chi connectivity index (χ0n) is 15.9. The van der Waals surface area contributed by atoms with E-state index in [4.69, 9.17) is 9.47 Å². The van der Waals surface area contributed by atoms with Crippen LogP contribution in [0.1, 0.15) is 51.9 Å². The highest BCUT2D eigenvalue weighted by atomic mass is 16.5. The van der Waals surface area contributed by atoms with E-state index < -0.39 is 30.2 Å². The molecule has 0 aromatic rings. The van der Waals surface area contributed by atoms with Crippen LogP contribution < -0.4 is 5.32 Å². The van der Waals surface area contributed by atoms with E-state index in [-0.39, 0.29) is 31.5 Å². The Morgan fingerprint density at radius 3 is 2.41 bits per heavy atom. The van der Waals surface area contributed by atoms with Crippen LogP contribution in [0.25, 0.3) is 0 Å². The van der Waals surface area contributed by atoms with Gasteiger partial charge in [0.25, 0.3) is 0 Å². The summed E-state index contributed by atoms with van der Waals surface area (Å²) in [5, 5.41) is 22.1. The molecule has 0 aromatic carbocycles. The van der Waals surface area contributed by atoms with Gasteiger partial charge in [-0.15, -0.1) is 0 Å². The average molecular weight is 385 g/mol. The molecule has 27 heavy (non-hydrogen) atoms. The van der Waals surface area contributed by atoms with Crippen LogP contribution in [0.2, 0.25) is 0 Å². The molecule has 0 bridgehead atoms. The van der Waals surface area contributed by atoms with Gasteiger partial charge < -0.3 is 25.0 Å². The fourth-order valence-electron chi connectivity index (χ4n) is 2.98. The molecule has 4 unspecified atom stereocenters. The molecular formula is C19H31NO7. The van der Waals surface area contributed by atoms with Gasteiger partial charge in [-0.2, -0.15) is 0 Å². The van der Waals surface area contributed by atoms with Gasteiger partial charge in [-0.05, 0) is 44.4 Å². The number of aliphatic hydroxyl groups is 2. The summed E-state index contributed by atoms with van der Waals surface area (Å²) in [7, 11) is 0. The third kappa shape index (κ3) is 9.01. The van der Waals surface area contributed by atoms with E-state index in [9.17, 15) is 24.6 Å². The SMILES string of the molecule is C=CC(=O)OCCCCOC(=O)C(CC1CCC(O)C(O)C1)NC(=O)CC. The number of carbonyl (C=O) groups excluding carboxylic acids is 3. The van der Waals surface area contributed by atoms with E-state index in [2.05, 4.69) is 11.9 Å². The van der Waals surface area contributed by atoms with E-state index in [1.165, 1.54) is 0 Å². The molecule has 0 aromatic heterocycles. The second-order valence-electron chi connectivity index (χ2n) is 6.77. The van der Waals surface area contributed by atoms with Crippen molar-refractivity contribution >= 4 is 17.8 Å². The summed E-state index contributed by atoms with van der Waals surface area (Å²) < 4.78 is 10.1. The lowest BCUT2D eigenvalue weighted by atomic mass is 9.81. The van der Waals surface area contributed by atoms with Crippen molar-refractivity contribution in [3.8, 4) is 0 Å². The highest BCUT2D eigenvalue weighted by molar-refractivity contribution is 5.84. The standard InChI is InChI=1S/C19H31NO7/c1-3-17(23)20-14(11-13-7-8-15(21)16(22)12-13)19(25)27-10-6-5-9-26-18(24)4-2/h4,13-16,21-22H,2-3,5-12H2,1H3,(H,20,23). The van der Waals surface area contributed by atoms with Crippen LogP contribution in [-0.4, -0.2) is 59.5 Å². The van der Waals surface area contributed by atoms with Gasteiger partial charge in [-0.25, -0.2) is 9.59 Å². The third-order valence-electron chi connectivity index (χ3n) is 4.59. The van der Waals surface area contributed by atoms with E-state index >= 15 is 0 Å². The minimum Gasteiger partial charge on any atom is -0.464 e. The predicted octanol–water partition coefficient (Wildman–Crippen LogP) is 0.846. The number of esters is 2. The van der Waals surface area contributed by atoms with Crippen molar-refractivity contribution < 1.29 is 34.1 Å². The Morgan fingerprint density at radius 2 is 1.81 bits per heavy atom. The fourth-order valence-corrected chi connectivity index (χ4v) is 2.98. The normalized spacial score (nSPS) is 23.1. The predicted molar refractivity (Wildman–Crippen MR) is 97.5 cm³/mol. The van der Waals surface area contributed by atoms with Crippen LogP contribution in [0.4, 0.5) is 0 Å². The van der Waals surface area contributed by atoms with Gasteiger partial charge in [0, 0.05) is 12.5 Å². The number of aliphatic hydroxyl groups excluding tert-OH is 2. The monoisotopic (exact) mass is 385 g/mol. The zero-order chi connectivity index (χ0) is 20.2. The van der Waals surface area contributed by atoms with Gasteiger partial charge in [-0.3, -0.25) is 4.79 Å². The lowest BCUT2D eigenvalue weighted by Crippen LogP contribution is -2.44. The summed E-state index contributed by atoms with van der Waals surface area (Å²) in [6.45, 7) is 5.38. The van der Waals surface area contributed by atoms with Crippen molar-refractivity contribution in [2.45, 2.75) is 70.1 Å². The molecule has 0 radical (unpaired) electrons. The lowest BCUT2D eigenvalue weighted by Gasteiger charge is -2.31.